The summed E-state index contributed by atoms with van der Waals surface area (Å²) < 4.78 is 10.3. The van der Waals surface area contributed by atoms with Crippen LogP contribution >= 0.6 is 0 Å². The third-order valence-corrected chi connectivity index (χ3v) is 3.78. The van der Waals surface area contributed by atoms with Crippen molar-refractivity contribution in [2.24, 2.45) is 0 Å². The summed E-state index contributed by atoms with van der Waals surface area (Å²) in [4.78, 5) is 29.1. The molecule has 0 unspecified atom stereocenters. The maximum absolute atomic E-state index is 12.4. The van der Waals surface area contributed by atoms with E-state index < -0.39 is 18.0 Å². The average molecular weight is 353 g/mol. The molecular weight excluding hydrogens is 334 g/mol. The van der Waals surface area contributed by atoms with Crippen molar-refractivity contribution in [1.82, 2.24) is 10.1 Å². The maximum atomic E-state index is 12.4. The van der Waals surface area contributed by atoms with Crippen LogP contribution in [0.2, 0.25) is 0 Å². The van der Waals surface area contributed by atoms with Gasteiger partial charge in [0.2, 0.25) is 0 Å². The van der Waals surface area contributed by atoms with Crippen LogP contribution in [-0.2, 0) is 9.53 Å². The van der Waals surface area contributed by atoms with E-state index in [-0.39, 0.29) is 11.5 Å². The zero-order valence-electron chi connectivity index (χ0n) is 14.6. The van der Waals surface area contributed by atoms with Gasteiger partial charge in [0, 0.05) is 11.5 Å². The Kier molecular flexibility index (Phi) is 5.26. The number of anilines is 1. The van der Waals surface area contributed by atoms with E-state index in [2.05, 4.69) is 15.5 Å². The van der Waals surface area contributed by atoms with Gasteiger partial charge in [-0.2, -0.15) is 0 Å². The number of carbonyl (C=O) groups excluding carboxylic acids is 2. The lowest BCUT2D eigenvalue weighted by Gasteiger charge is -2.16. The lowest BCUT2D eigenvalue weighted by Crippen LogP contribution is -2.32. The largest absolute Gasteiger partial charge is 0.448 e. The fourth-order valence-corrected chi connectivity index (χ4v) is 2.51. The van der Waals surface area contributed by atoms with Gasteiger partial charge in [0.25, 0.3) is 5.91 Å². The summed E-state index contributed by atoms with van der Waals surface area (Å²) in [6.07, 6.45) is 0.133. The second-order valence-corrected chi connectivity index (χ2v) is 5.88. The Bertz CT molecular complexity index is 935. The number of aryl methyl sites for hydroxylation is 1. The van der Waals surface area contributed by atoms with Crippen LogP contribution < -0.4 is 5.32 Å². The van der Waals surface area contributed by atoms with Crippen LogP contribution in [0, 0.1) is 6.92 Å². The van der Waals surface area contributed by atoms with Gasteiger partial charge >= 0.3 is 5.97 Å². The van der Waals surface area contributed by atoms with Crippen molar-refractivity contribution in [3.8, 4) is 0 Å². The number of nitrogens with zero attached hydrogens (tertiary/aromatic N) is 2. The number of nitrogens with one attached hydrogen (secondary N) is 1. The number of rotatable bonds is 6. The Morgan fingerprint density at radius 2 is 2.04 bits per heavy atom. The Balaban J connectivity index is 1.73. The smallest absolute Gasteiger partial charge is 0.357 e. The van der Waals surface area contributed by atoms with Crippen LogP contribution in [0.3, 0.4) is 0 Å². The maximum Gasteiger partial charge on any atom is 0.357 e. The van der Waals surface area contributed by atoms with E-state index in [0.29, 0.717) is 24.1 Å². The predicted octanol–water partition coefficient (Wildman–Crippen LogP) is 3.50. The van der Waals surface area contributed by atoms with Crippen LogP contribution in [0.1, 0.15) is 36.0 Å². The van der Waals surface area contributed by atoms with Gasteiger partial charge in [-0.25, -0.2) is 9.78 Å². The molecule has 1 atom stereocenters. The fraction of sp³-hybridized carbons (Fsp3) is 0.263. The summed E-state index contributed by atoms with van der Waals surface area (Å²) in [5.74, 6) is -0.229. The molecule has 0 radical (unpaired) electrons. The zero-order chi connectivity index (χ0) is 18.5. The molecule has 134 valence electrons. The Hall–Kier alpha value is -3.22. The quantitative estimate of drug-likeness (QED) is 0.682. The third kappa shape index (κ3) is 4.05. The molecular formula is C19H19N3O4. The zero-order valence-corrected chi connectivity index (χ0v) is 14.6. The molecule has 1 aromatic carbocycles. The van der Waals surface area contributed by atoms with Gasteiger partial charge in [0.1, 0.15) is 11.5 Å². The molecule has 2 heterocycles. The van der Waals surface area contributed by atoms with Crippen LogP contribution in [0.4, 0.5) is 5.82 Å². The highest BCUT2D eigenvalue weighted by molar-refractivity contribution is 5.97. The van der Waals surface area contributed by atoms with Crippen LogP contribution in [0.15, 0.2) is 47.0 Å². The topological polar surface area (TPSA) is 94.3 Å². The minimum atomic E-state index is -0.933. The van der Waals surface area contributed by atoms with Gasteiger partial charge in [-0.15, -0.1) is 0 Å². The van der Waals surface area contributed by atoms with Gasteiger partial charge < -0.3 is 14.6 Å². The van der Waals surface area contributed by atoms with Crippen LogP contribution in [-0.4, -0.2) is 28.1 Å². The molecule has 0 saturated heterocycles. The molecule has 7 heteroatoms. The lowest BCUT2D eigenvalue weighted by atomic mass is 10.2. The number of hydrogen-bond donors (Lipinski definition) is 1. The third-order valence-electron chi connectivity index (χ3n) is 3.78. The molecule has 0 saturated carbocycles. The van der Waals surface area contributed by atoms with Gasteiger partial charge in [-0.1, -0.05) is 42.8 Å². The van der Waals surface area contributed by atoms with E-state index in [1.807, 2.05) is 31.2 Å². The minimum Gasteiger partial charge on any atom is -0.448 e. The van der Waals surface area contributed by atoms with Crippen molar-refractivity contribution in [1.29, 1.82) is 0 Å². The fourth-order valence-electron chi connectivity index (χ4n) is 2.51. The molecule has 7 nitrogen and oxygen atoms in total. The predicted molar refractivity (Wildman–Crippen MR) is 95.7 cm³/mol. The van der Waals surface area contributed by atoms with E-state index in [1.54, 1.807) is 25.1 Å². The number of amides is 1. The minimum absolute atomic E-state index is 0.162. The SMILES string of the molecule is CCC[C@H](OC(=O)c1ccc2ccccc2n1)C(=O)Nc1cc(C)on1. The van der Waals surface area contributed by atoms with Crippen molar-refractivity contribution in [3.05, 3.63) is 53.9 Å². The monoisotopic (exact) mass is 353 g/mol. The highest BCUT2D eigenvalue weighted by atomic mass is 16.5. The van der Waals surface area contributed by atoms with Gasteiger partial charge in [-0.05, 0) is 25.5 Å². The molecule has 0 aliphatic carbocycles. The molecule has 0 spiro atoms. The first-order valence-electron chi connectivity index (χ1n) is 8.38. The molecule has 0 bridgehead atoms. The molecule has 26 heavy (non-hydrogen) atoms. The van der Waals surface area contributed by atoms with Crippen LogP contribution in [0.25, 0.3) is 10.9 Å². The highest BCUT2D eigenvalue weighted by Crippen LogP contribution is 2.15. The molecule has 0 aliphatic rings. The summed E-state index contributed by atoms with van der Waals surface area (Å²) in [7, 11) is 0. The van der Waals surface area contributed by atoms with Crippen molar-refractivity contribution < 1.29 is 18.8 Å². The number of ether oxygens (including phenoxy) is 1. The number of benzene rings is 1. The first-order valence-corrected chi connectivity index (χ1v) is 8.38. The number of fused-ring (bicyclic) bond motifs is 1. The van der Waals surface area contributed by atoms with E-state index in [0.717, 1.165) is 5.39 Å². The van der Waals surface area contributed by atoms with Crippen molar-refractivity contribution in [2.75, 3.05) is 5.32 Å². The summed E-state index contributed by atoms with van der Waals surface area (Å²) in [6, 6.07) is 12.4. The summed E-state index contributed by atoms with van der Waals surface area (Å²) in [5, 5.41) is 7.23. The van der Waals surface area contributed by atoms with E-state index in [1.165, 1.54) is 0 Å². The van der Waals surface area contributed by atoms with E-state index in [4.69, 9.17) is 9.26 Å². The summed E-state index contributed by atoms with van der Waals surface area (Å²) in [6.45, 7) is 3.63. The Morgan fingerprint density at radius 3 is 2.77 bits per heavy atom. The number of esters is 1. The normalized spacial score (nSPS) is 11.9. The van der Waals surface area contributed by atoms with E-state index in [9.17, 15) is 9.59 Å². The molecule has 3 aromatic rings. The van der Waals surface area contributed by atoms with Gasteiger partial charge in [0.05, 0.1) is 5.52 Å². The molecule has 1 N–H and O–H groups in total. The molecule has 0 aliphatic heterocycles. The number of carbonyl (C=O) groups is 2. The Labute approximate surface area is 150 Å². The number of hydrogen-bond acceptors (Lipinski definition) is 6. The Morgan fingerprint density at radius 1 is 1.23 bits per heavy atom. The number of para-hydroxylation sites is 1. The second kappa shape index (κ2) is 7.77. The summed E-state index contributed by atoms with van der Waals surface area (Å²) in [5.41, 5.74) is 0.853. The summed E-state index contributed by atoms with van der Waals surface area (Å²) >= 11 is 0. The van der Waals surface area contributed by atoms with Crippen molar-refractivity contribution in [2.45, 2.75) is 32.8 Å². The van der Waals surface area contributed by atoms with Crippen molar-refractivity contribution >= 4 is 28.6 Å². The standard InChI is InChI=1S/C19H19N3O4/c1-3-6-16(18(23)21-17-11-12(2)26-22-17)25-19(24)15-10-9-13-7-4-5-8-14(13)20-15/h4-5,7-11,16H,3,6H2,1-2H3,(H,21,22,23)/t16-/m0/s1. The lowest BCUT2D eigenvalue weighted by molar-refractivity contribution is -0.125. The molecule has 3 rings (SSSR count). The van der Waals surface area contributed by atoms with Crippen LogP contribution in [0.5, 0.6) is 0 Å². The van der Waals surface area contributed by atoms with Gasteiger partial charge in [0.15, 0.2) is 11.9 Å². The first kappa shape index (κ1) is 17.6. The number of aromatic nitrogens is 2. The average Bonchev–Trinajstić information content (AvgIpc) is 3.05. The van der Waals surface area contributed by atoms with Gasteiger partial charge in [-0.3, -0.25) is 4.79 Å². The molecule has 1 amide bonds. The second-order valence-electron chi connectivity index (χ2n) is 5.88. The first-order chi connectivity index (χ1) is 12.6. The van der Waals surface area contributed by atoms with Crippen molar-refractivity contribution in [3.63, 3.8) is 0 Å². The highest BCUT2D eigenvalue weighted by Gasteiger charge is 2.24. The molecule has 2 aromatic heterocycles. The molecule has 0 fully saturated rings. The number of pyridine rings is 1. The van der Waals surface area contributed by atoms with E-state index >= 15 is 0 Å².